The van der Waals surface area contributed by atoms with Gasteiger partial charge in [0.15, 0.2) is 0 Å². The first-order chi connectivity index (χ1) is 10.5. The minimum Gasteiger partial charge on any atom is -0.212 e. The molecule has 0 fully saturated rings. The van der Waals surface area contributed by atoms with E-state index in [0.29, 0.717) is 0 Å². The van der Waals surface area contributed by atoms with Crippen LogP contribution in [0.25, 0.3) is 0 Å². The highest BCUT2D eigenvalue weighted by atomic mass is 35.7. The topological polar surface area (TPSA) is 34.1 Å². The predicted molar refractivity (Wildman–Crippen MR) is 55.0 cm³/mol. The maximum atomic E-state index is 13.1. The Bertz CT molecular complexity index is 594. The number of halogens is 14. The van der Waals surface area contributed by atoms with Crippen molar-refractivity contribution in [3.8, 4) is 0 Å². The standard InChI is InChI=1S/C8H4ClF13O2S/c9-25(23,24)2-1-3(10,11)4(12,13)5(14,15)6(16,17)7(18,19)8(20,21)22/h1-2H2. The molecule has 0 heterocycles. The van der Waals surface area contributed by atoms with Gasteiger partial charge in [-0.15, -0.1) is 0 Å². The monoisotopic (exact) mass is 446 g/mol. The minimum absolute atomic E-state index is 2.20. The van der Waals surface area contributed by atoms with Gasteiger partial charge in [-0.2, -0.15) is 57.1 Å². The molecule has 0 saturated heterocycles. The van der Waals surface area contributed by atoms with Crippen LogP contribution in [0.15, 0.2) is 0 Å². The number of rotatable bonds is 7. The molecule has 152 valence electrons. The quantitative estimate of drug-likeness (QED) is 0.420. The Morgan fingerprint density at radius 1 is 0.600 bits per heavy atom. The molecule has 0 aliphatic carbocycles. The third-order valence-electron chi connectivity index (χ3n) is 2.66. The van der Waals surface area contributed by atoms with Gasteiger partial charge in [0, 0.05) is 17.1 Å². The molecule has 0 amide bonds. The lowest BCUT2D eigenvalue weighted by atomic mass is 9.93. The molecular weight excluding hydrogens is 443 g/mol. The average Bonchev–Trinajstić information content (AvgIpc) is 2.33. The van der Waals surface area contributed by atoms with E-state index in [1.807, 2.05) is 0 Å². The molecule has 0 atom stereocenters. The van der Waals surface area contributed by atoms with Crippen LogP contribution in [0.4, 0.5) is 57.1 Å². The summed E-state index contributed by atoms with van der Waals surface area (Å²) < 4.78 is 185. The Labute approximate surface area is 134 Å². The zero-order valence-corrected chi connectivity index (χ0v) is 12.5. The van der Waals surface area contributed by atoms with Crippen molar-refractivity contribution in [1.82, 2.24) is 0 Å². The van der Waals surface area contributed by atoms with Gasteiger partial charge in [0.1, 0.15) is 0 Å². The van der Waals surface area contributed by atoms with E-state index in [4.69, 9.17) is 0 Å². The van der Waals surface area contributed by atoms with Crippen LogP contribution in [-0.4, -0.2) is 50.0 Å². The van der Waals surface area contributed by atoms with Gasteiger partial charge in [-0.1, -0.05) is 0 Å². The van der Waals surface area contributed by atoms with Gasteiger partial charge >= 0.3 is 35.8 Å². The number of hydrogen-bond acceptors (Lipinski definition) is 2. The lowest BCUT2D eigenvalue weighted by Gasteiger charge is -2.39. The molecule has 0 rings (SSSR count). The SMILES string of the molecule is O=S(=O)(Cl)CCC(F)(F)C(F)(F)C(F)(F)C(F)(F)C(F)(F)C(F)(F)F. The van der Waals surface area contributed by atoms with Crippen molar-refractivity contribution >= 4 is 19.7 Å². The van der Waals surface area contributed by atoms with Crippen molar-refractivity contribution in [1.29, 1.82) is 0 Å². The van der Waals surface area contributed by atoms with E-state index in [-0.39, 0.29) is 0 Å². The molecule has 0 N–H and O–H groups in total. The molecule has 0 unspecified atom stereocenters. The lowest BCUT2D eigenvalue weighted by Crippen LogP contribution is -2.70. The summed E-state index contributed by atoms with van der Waals surface area (Å²) >= 11 is 0. The molecule has 2 nitrogen and oxygen atoms in total. The third kappa shape index (κ3) is 4.03. The molecule has 0 aliphatic heterocycles. The fraction of sp³-hybridized carbons (Fsp3) is 1.00. The summed E-state index contributed by atoms with van der Waals surface area (Å²) in [6, 6.07) is 0. The van der Waals surface area contributed by atoms with Crippen LogP contribution in [-0.2, 0) is 9.05 Å². The average molecular weight is 447 g/mol. The van der Waals surface area contributed by atoms with E-state index in [1.54, 1.807) is 0 Å². The van der Waals surface area contributed by atoms with E-state index in [9.17, 15) is 65.5 Å². The Morgan fingerprint density at radius 2 is 0.920 bits per heavy atom. The number of hydrogen-bond donors (Lipinski definition) is 0. The summed E-state index contributed by atoms with van der Waals surface area (Å²) in [6.07, 6.45) is -10.4. The second-order valence-electron chi connectivity index (χ2n) is 4.49. The summed E-state index contributed by atoms with van der Waals surface area (Å²) in [5, 5.41) is 0. The molecular formula is C8H4ClF13O2S. The second-order valence-corrected chi connectivity index (χ2v) is 7.39. The maximum absolute atomic E-state index is 13.1. The Hall–Kier alpha value is -0.670. The third-order valence-corrected chi connectivity index (χ3v) is 3.81. The summed E-state index contributed by atoms with van der Waals surface area (Å²) in [7, 11) is -0.736. The van der Waals surface area contributed by atoms with Gasteiger partial charge in [0.05, 0.1) is 5.75 Å². The Balaban J connectivity index is 6.11. The van der Waals surface area contributed by atoms with E-state index in [1.165, 1.54) is 0 Å². The summed E-state index contributed by atoms with van der Waals surface area (Å²) in [5.41, 5.74) is 0. The second kappa shape index (κ2) is 6.20. The smallest absolute Gasteiger partial charge is 0.212 e. The van der Waals surface area contributed by atoms with Crippen molar-refractivity contribution < 1.29 is 65.5 Å². The number of alkyl halides is 13. The van der Waals surface area contributed by atoms with Crippen LogP contribution < -0.4 is 0 Å². The zero-order valence-electron chi connectivity index (χ0n) is 10.9. The van der Waals surface area contributed by atoms with Crippen molar-refractivity contribution in [2.45, 2.75) is 42.2 Å². The molecule has 17 heteroatoms. The highest BCUT2D eigenvalue weighted by molar-refractivity contribution is 8.13. The van der Waals surface area contributed by atoms with Crippen LogP contribution in [0.5, 0.6) is 0 Å². The molecule has 0 aromatic rings. The van der Waals surface area contributed by atoms with Crippen molar-refractivity contribution in [3.05, 3.63) is 0 Å². The van der Waals surface area contributed by atoms with Crippen molar-refractivity contribution in [2.24, 2.45) is 0 Å². The Morgan fingerprint density at radius 3 is 1.20 bits per heavy atom. The fourth-order valence-corrected chi connectivity index (χ4v) is 1.94. The van der Waals surface area contributed by atoms with E-state index < -0.39 is 57.0 Å². The molecule has 0 aromatic heterocycles. The van der Waals surface area contributed by atoms with Crippen molar-refractivity contribution in [2.75, 3.05) is 5.75 Å². The molecule has 0 saturated carbocycles. The van der Waals surface area contributed by atoms with Crippen LogP contribution in [0.3, 0.4) is 0 Å². The van der Waals surface area contributed by atoms with Gasteiger partial charge in [-0.25, -0.2) is 8.42 Å². The fourth-order valence-electron chi connectivity index (χ4n) is 1.21. The highest BCUT2D eigenvalue weighted by Crippen LogP contribution is 2.60. The first-order valence-corrected chi connectivity index (χ1v) is 7.82. The molecule has 0 radical (unpaired) electrons. The lowest BCUT2D eigenvalue weighted by molar-refractivity contribution is -0.439. The van der Waals surface area contributed by atoms with Crippen molar-refractivity contribution in [3.63, 3.8) is 0 Å². The minimum atomic E-state index is -8.01. The first-order valence-electron chi connectivity index (χ1n) is 5.34. The molecule has 0 aliphatic rings. The highest BCUT2D eigenvalue weighted by Gasteiger charge is 2.90. The summed E-state index contributed by atoms with van der Waals surface area (Å²) in [4.78, 5) is 0. The normalized spacial score (nSPS) is 16.2. The maximum Gasteiger partial charge on any atom is 0.460 e. The van der Waals surface area contributed by atoms with Gasteiger partial charge < -0.3 is 0 Å². The molecule has 0 aromatic carbocycles. The van der Waals surface area contributed by atoms with Gasteiger partial charge in [0.2, 0.25) is 9.05 Å². The van der Waals surface area contributed by atoms with Crippen LogP contribution in [0.1, 0.15) is 6.42 Å². The van der Waals surface area contributed by atoms with E-state index >= 15 is 0 Å². The molecule has 25 heavy (non-hydrogen) atoms. The van der Waals surface area contributed by atoms with Gasteiger partial charge in [0.25, 0.3) is 0 Å². The molecule has 0 bridgehead atoms. The van der Waals surface area contributed by atoms with E-state index in [0.717, 1.165) is 0 Å². The van der Waals surface area contributed by atoms with Crippen LogP contribution >= 0.6 is 10.7 Å². The largest absolute Gasteiger partial charge is 0.460 e. The van der Waals surface area contributed by atoms with E-state index in [2.05, 4.69) is 10.7 Å². The molecule has 0 spiro atoms. The first kappa shape index (κ1) is 24.3. The Kier molecular flexibility index (Phi) is 6.03. The van der Waals surface area contributed by atoms with Gasteiger partial charge in [-0.3, -0.25) is 0 Å². The zero-order chi connectivity index (χ0) is 20.9. The van der Waals surface area contributed by atoms with Gasteiger partial charge in [-0.05, 0) is 0 Å². The van der Waals surface area contributed by atoms with Crippen LogP contribution in [0.2, 0.25) is 0 Å². The predicted octanol–water partition coefficient (Wildman–Crippen LogP) is 4.68. The van der Waals surface area contributed by atoms with Crippen LogP contribution in [0, 0.1) is 0 Å². The summed E-state index contributed by atoms with van der Waals surface area (Å²) in [6.45, 7) is 0. The summed E-state index contributed by atoms with van der Waals surface area (Å²) in [5.74, 6) is -39.9.